The van der Waals surface area contributed by atoms with E-state index in [1.165, 1.54) is 63.1 Å². The van der Waals surface area contributed by atoms with Gasteiger partial charge in [-0.3, -0.25) is 0 Å². The van der Waals surface area contributed by atoms with Gasteiger partial charge in [-0.15, -0.1) is 0 Å². The topological polar surface area (TPSA) is 0 Å². The Labute approximate surface area is 170 Å². The van der Waals surface area contributed by atoms with Crippen LogP contribution in [0.15, 0.2) is 42.5 Å². The van der Waals surface area contributed by atoms with Crippen LogP contribution in [0.5, 0.6) is 0 Å². The van der Waals surface area contributed by atoms with Gasteiger partial charge in [0.25, 0.3) is 0 Å². The number of hydrogen-bond acceptors (Lipinski definition) is 0. The maximum atomic E-state index is 15.2. The van der Waals surface area contributed by atoms with Gasteiger partial charge in [0.15, 0.2) is 11.6 Å². The van der Waals surface area contributed by atoms with Gasteiger partial charge in [-0.2, -0.15) is 0 Å². The SMILES string of the molecule is CCCC1CCC(c2ccc3c(F)c(-c4ccc(C)c(F)c4F)ccc3c2)CC1. The van der Waals surface area contributed by atoms with Crippen LogP contribution in [0.1, 0.15) is 62.5 Å². The molecule has 0 saturated heterocycles. The van der Waals surface area contributed by atoms with E-state index in [4.69, 9.17) is 0 Å². The first kappa shape index (κ1) is 20.0. The molecular formula is C26H27F3. The van der Waals surface area contributed by atoms with Gasteiger partial charge in [-0.05, 0) is 61.0 Å². The van der Waals surface area contributed by atoms with Gasteiger partial charge in [0.1, 0.15) is 5.82 Å². The zero-order valence-corrected chi connectivity index (χ0v) is 17.1. The summed E-state index contributed by atoms with van der Waals surface area (Å²) in [6, 6.07) is 12.2. The Balaban J connectivity index is 1.65. The van der Waals surface area contributed by atoms with Crippen LogP contribution in [0.3, 0.4) is 0 Å². The second kappa shape index (κ2) is 8.22. The maximum absolute atomic E-state index is 15.2. The van der Waals surface area contributed by atoms with Crippen LogP contribution in [-0.2, 0) is 0 Å². The predicted molar refractivity (Wildman–Crippen MR) is 114 cm³/mol. The highest BCUT2D eigenvalue weighted by Crippen LogP contribution is 2.39. The smallest absolute Gasteiger partial charge is 0.167 e. The van der Waals surface area contributed by atoms with Crippen molar-refractivity contribution < 1.29 is 13.2 Å². The van der Waals surface area contributed by atoms with E-state index in [0.29, 0.717) is 11.3 Å². The van der Waals surface area contributed by atoms with Crippen molar-refractivity contribution in [2.75, 3.05) is 0 Å². The first-order valence-electron chi connectivity index (χ1n) is 10.7. The highest BCUT2D eigenvalue weighted by Gasteiger charge is 2.23. The van der Waals surface area contributed by atoms with Crippen molar-refractivity contribution in [1.29, 1.82) is 0 Å². The average Bonchev–Trinajstić information content (AvgIpc) is 2.74. The number of halogens is 3. The van der Waals surface area contributed by atoms with Gasteiger partial charge in [0.05, 0.1) is 0 Å². The van der Waals surface area contributed by atoms with E-state index in [-0.39, 0.29) is 16.7 Å². The van der Waals surface area contributed by atoms with Crippen molar-refractivity contribution in [1.82, 2.24) is 0 Å². The number of benzene rings is 3. The third-order valence-electron chi connectivity index (χ3n) is 6.56. The second-order valence-corrected chi connectivity index (χ2v) is 8.47. The number of aryl methyl sites for hydroxylation is 1. The fraction of sp³-hybridized carbons (Fsp3) is 0.385. The molecule has 0 bridgehead atoms. The Morgan fingerprint density at radius 2 is 1.48 bits per heavy atom. The standard InChI is InChI=1S/C26H27F3/c1-3-4-17-6-8-18(9-7-17)19-10-13-21-20(15-19)11-14-22(25(21)28)23-12-5-16(2)24(27)26(23)29/h5,10-15,17-18H,3-4,6-9H2,1-2H3. The Kier molecular flexibility index (Phi) is 5.67. The minimum absolute atomic E-state index is 0.0363. The molecule has 1 aliphatic carbocycles. The van der Waals surface area contributed by atoms with Crippen molar-refractivity contribution in [2.24, 2.45) is 5.92 Å². The monoisotopic (exact) mass is 396 g/mol. The normalized spacial score (nSPS) is 19.6. The molecule has 3 heteroatoms. The third-order valence-corrected chi connectivity index (χ3v) is 6.56. The fourth-order valence-corrected chi connectivity index (χ4v) is 4.82. The molecule has 29 heavy (non-hydrogen) atoms. The summed E-state index contributed by atoms with van der Waals surface area (Å²) in [4.78, 5) is 0. The lowest BCUT2D eigenvalue weighted by molar-refractivity contribution is 0.308. The molecule has 0 unspecified atom stereocenters. The Morgan fingerprint density at radius 1 is 0.793 bits per heavy atom. The number of rotatable bonds is 4. The van der Waals surface area contributed by atoms with Gasteiger partial charge in [0.2, 0.25) is 0 Å². The summed E-state index contributed by atoms with van der Waals surface area (Å²) in [5.41, 5.74) is 1.53. The molecule has 0 N–H and O–H groups in total. The summed E-state index contributed by atoms with van der Waals surface area (Å²) >= 11 is 0. The highest BCUT2D eigenvalue weighted by atomic mass is 19.2. The molecular weight excluding hydrogens is 369 g/mol. The lowest BCUT2D eigenvalue weighted by Gasteiger charge is -2.28. The van der Waals surface area contributed by atoms with Crippen LogP contribution in [0.4, 0.5) is 13.2 Å². The summed E-state index contributed by atoms with van der Waals surface area (Å²) in [5, 5.41) is 1.26. The van der Waals surface area contributed by atoms with Gasteiger partial charge >= 0.3 is 0 Å². The lowest BCUT2D eigenvalue weighted by Crippen LogP contribution is -2.13. The van der Waals surface area contributed by atoms with Crippen LogP contribution < -0.4 is 0 Å². The maximum Gasteiger partial charge on any atom is 0.167 e. The second-order valence-electron chi connectivity index (χ2n) is 8.47. The zero-order chi connectivity index (χ0) is 20.5. The minimum Gasteiger partial charge on any atom is -0.206 e. The molecule has 0 heterocycles. The Bertz CT molecular complexity index is 1030. The molecule has 3 aromatic carbocycles. The van der Waals surface area contributed by atoms with E-state index >= 15 is 4.39 Å². The van der Waals surface area contributed by atoms with E-state index in [1.54, 1.807) is 12.1 Å². The quantitative estimate of drug-likeness (QED) is 0.416. The van der Waals surface area contributed by atoms with Crippen LogP contribution in [0, 0.1) is 30.3 Å². The number of fused-ring (bicyclic) bond motifs is 1. The molecule has 0 amide bonds. The van der Waals surface area contributed by atoms with Gasteiger partial charge < -0.3 is 0 Å². The zero-order valence-electron chi connectivity index (χ0n) is 17.1. The predicted octanol–water partition coefficient (Wildman–Crippen LogP) is 8.31. The first-order valence-corrected chi connectivity index (χ1v) is 10.7. The molecule has 0 atom stereocenters. The summed E-state index contributed by atoms with van der Waals surface area (Å²) in [6.07, 6.45) is 7.46. The van der Waals surface area contributed by atoms with E-state index in [1.807, 2.05) is 12.1 Å². The Hall–Kier alpha value is -2.29. The van der Waals surface area contributed by atoms with Crippen LogP contribution in [0.25, 0.3) is 21.9 Å². The summed E-state index contributed by atoms with van der Waals surface area (Å²) in [5.74, 6) is -1.04. The van der Waals surface area contributed by atoms with Crippen molar-refractivity contribution in [3.63, 3.8) is 0 Å². The number of hydrogen-bond donors (Lipinski definition) is 0. The molecule has 0 radical (unpaired) electrons. The summed E-state index contributed by atoms with van der Waals surface area (Å²) < 4.78 is 43.5. The first-order chi connectivity index (χ1) is 14.0. The van der Waals surface area contributed by atoms with E-state index < -0.39 is 17.5 Å². The molecule has 3 aromatic rings. The molecule has 1 saturated carbocycles. The average molecular weight is 396 g/mol. The third kappa shape index (κ3) is 3.80. The minimum atomic E-state index is -0.997. The van der Waals surface area contributed by atoms with Crippen molar-refractivity contribution >= 4 is 10.8 Å². The fourth-order valence-electron chi connectivity index (χ4n) is 4.82. The van der Waals surface area contributed by atoms with Crippen LogP contribution in [-0.4, -0.2) is 0 Å². The molecule has 0 aliphatic heterocycles. The van der Waals surface area contributed by atoms with E-state index in [0.717, 1.165) is 11.3 Å². The van der Waals surface area contributed by atoms with Gasteiger partial charge in [-0.1, -0.05) is 62.2 Å². The lowest BCUT2D eigenvalue weighted by atomic mass is 9.77. The van der Waals surface area contributed by atoms with Gasteiger partial charge in [-0.25, -0.2) is 13.2 Å². The molecule has 1 fully saturated rings. The Morgan fingerprint density at radius 3 is 2.21 bits per heavy atom. The van der Waals surface area contributed by atoms with Crippen LogP contribution in [0.2, 0.25) is 0 Å². The largest absolute Gasteiger partial charge is 0.206 e. The van der Waals surface area contributed by atoms with E-state index in [2.05, 4.69) is 13.0 Å². The van der Waals surface area contributed by atoms with Crippen molar-refractivity contribution in [2.45, 2.75) is 58.3 Å². The molecule has 0 aromatic heterocycles. The molecule has 0 spiro atoms. The van der Waals surface area contributed by atoms with E-state index in [9.17, 15) is 8.78 Å². The molecule has 0 nitrogen and oxygen atoms in total. The van der Waals surface area contributed by atoms with Crippen molar-refractivity contribution in [3.8, 4) is 11.1 Å². The summed E-state index contributed by atoms with van der Waals surface area (Å²) in [6.45, 7) is 3.74. The van der Waals surface area contributed by atoms with Gasteiger partial charge in [0, 0.05) is 16.5 Å². The molecule has 4 rings (SSSR count). The van der Waals surface area contributed by atoms with Crippen LogP contribution >= 0.6 is 0 Å². The molecule has 152 valence electrons. The van der Waals surface area contributed by atoms with Crippen molar-refractivity contribution in [3.05, 3.63) is 71.0 Å². The highest BCUT2D eigenvalue weighted by molar-refractivity contribution is 5.89. The molecule has 1 aliphatic rings. The summed E-state index contributed by atoms with van der Waals surface area (Å²) in [7, 11) is 0.